The summed E-state index contributed by atoms with van der Waals surface area (Å²) in [7, 11) is 1.67. The maximum absolute atomic E-state index is 13.3. The quantitative estimate of drug-likeness (QED) is 0.266. The zero-order valence-corrected chi connectivity index (χ0v) is 16.4. The fraction of sp³-hybridized carbons (Fsp3) is 0.143. The van der Waals surface area contributed by atoms with Gasteiger partial charge in [-0.25, -0.2) is 4.98 Å². The van der Waals surface area contributed by atoms with Gasteiger partial charge in [-0.2, -0.15) is 0 Å². The summed E-state index contributed by atoms with van der Waals surface area (Å²) in [6.45, 7) is 0.604. The minimum absolute atomic E-state index is 0.0375. The summed E-state index contributed by atoms with van der Waals surface area (Å²) < 4.78 is 6.85. The standard InChI is InChI=1S/C21H18N2O2S2/c1-25-12-13-26-21-22-19-17(14-18(27-19)15-8-4-2-5-9-15)20(24)23(21)16-10-6-3-7-11-16/h2-11,14H,12-13H2,1H3. The second-order valence-electron chi connectivity index (χ2n) is 5.91. The van der Waals surface area contributed by atoms with E-state index in [4.69, 9.17) is 9.72 Å². The van der Waals surface area contributed by atoms with Crippen molar-refractivity contribution in [1.29, 1.82) is 0 Å². The Bertz CT molecular complexity index is 1110. The molecule has 0 spiro atoms. The van der Waals surface area contributed by atoms with E-state index in [1.165, 1.54) is 11.8 Å². The lowest BCUT2D eigenvalue weighted by atomic mass is 10.2. The molecule has 0 fully saturated rings. The number of ether oxygens (including phenoxy) is 1. The van der Waals surface area contributed by atoms with E-state index in [1.807, 2.05) is 54.6 Å². The lowest BCUT2D eigenvalue weighted by Crippen LogP contribution is -2.21. The highest BCUT2D eigenvalue weighted by Gasteiger charge is 2.16. The van der Waals surface area contributed by atoms with Crippen LogP contribution < -0.4 is 5.56 Å². The van der Waals surface area contributed by atoms with E-state index in [0.29, 0.717) is 17.1 Å². The Balaban J connectivity index is 1.89. The van der Waals surface area contributed by atoms with Gasteiger partial charge in [0.15, 0.2) is 5.16 Å². The van der Waals surface area contributed by atoms with Crippen molar-refractivity contribution < 1.29 is 4.74 Å². The van der Waals surface area contributed by atoms with E-state index in [0.717, 1.165) is 26.7 Å². The van der Waals surface area contributed by atoms with Crippen molar-refractivity contribution in [3.05, 3.63) is 77.1 Å². The van der Waals surface area contributed by atoms with Crippen LogP contribution in [0.4, 0.5) is 0 Å². The molecule has 27 heavy (non-hydrogen) atoms. The average Bonchev–Trinajstić information content (AvgIpc) is 3.14. The smallest absolute Gasteiger partial charge is 0.267 e. The topological polar surface area (TPSA) is 44.1 Å². The summed E-state index contributed by atoms with van der Waals surface area (Å²) in [5.74, 6) is 0.734. The molecule has 0 bridgehead atoms. The van der Waals surface area contributed by atoms with Crippen molar-refractivity contribution in [2.45, 2.75) is 5.16 Å². The van der Waals surface area contributed by atoms with Gasteiger partial charge in [0.1, 0.15) is 4.83 Å². The molecule has 0 aliphatic rings. The van der Waals surface area contributed by atoms with Gasteiger partial charge in [-0.15, -0.1) is 11.3 Å². The lowest BCUT2D eigenvalue weighted by molar-refractivity contribution is 0.218. The van der Waals surface area contributed by atoms with Crippen LogP contribution in [0.5, 0.6) is 0 Å². The highest BCUT2D eigenvalue weighted by molar-refractivity contribution is 7.99. The van der Waals surface area contributed by atoms with Crippen LogP contribution in [0.1, 0.15) is 0 Å². The molecule has 6 heteroatoms. The molecule has 0 aliphatic heterocycles. The number of benzene rings is 2. The number of hydrogen-bond acceptors (Lipinski definition) is 5. The Morgan fingerprint density at radius 3 is 2.48 bits per heavy atom. The van der Waals surface area contributed by atoms with Gasteiger partial charge in [0.25, 0.3) is 5.56 Å². The number of aromatic nitrogens is 2. The molecule has 2 aromatic carbocycles. The van der Waals surface area contributed by atoms with Crippen molar-refractivity contribution in [3.8, 4) is 16.1 Å². The Labute approximate surface area is 165 Å². The monoisotopic (exact) mass is 394 g/mol. The zero-order valence-electron chi connectivity index (χ0n) is 14.8. The number of fused-ring (bicyclic) bond motifs is 1. The summed E-state index contributed by atoms with van der Waals surface area (Å²) in [4.78, 5) is 20.0. The van der Waals surface area contributed by atoms with Crippen molar-refractivity contribution in [2.24, 2.45) is 0 Å². The summed E-state index contributed by atoms with van der Waals surface area (Å²) >= 11 is 3.09. The van der Waals surface area contributed by atoms with Crippen molar-refractivity contribution in [2.75, 3.05) is 19.5 Å². The molecule has 0 amide bonds. The van der Waals surface area contributed by atoms with Crippen molar-refractivity contribution in [3.63, 3.8) is 0 Å². The molecule has 136 valence electrons. The average molecular weight is 395 g/mol. The first-order valence-corrected chi connectivity index (χ1v) is 10.4. The minimum atomic E-state index is -0.0375. The number of thiophene rings is 1. The van der Waals surface area contributed by atoms with Crippen LogP contribution in [0.15, 0.2) is 76.7 Å². The van der Waals surface area contributed by atoms with E-state index in [-0.39, 0.29) is 5.56 Å². The largest absolute Gasteiger partial charge is 0.384 e. The Morgan fingerprint density at radius 2 is 1.78 bits per heavy atom. The molecule has 0 aliphatic carbocycles. The molecule has 0 radical (unpaired) electrons. The number of hydrogen-bond donors (Lipinski definition) is 0. The van der Waals surface area contributed by atoms with Crippen molar-refractivity contribution >= 4 is 33.3 Å². The van der Waals surface area contributed by atoms with Gasteiger partial charge in [0.05, 0.1) is 17.7 Å². The molecule has 0 saturated heterocycles. The van der Waals surface area contributed by atoms with Crippen LogP contribution in [-0.4, -0.2) is 29.0 Å². The van der Waals surface area contributed by atoms with Gasteiger partial charge < -0.3 is 4.74 Å². The molecule has 4 rings (SSSR count). The molecule has 0 N–H and O–H groups in total. The summed E-state index contributed by atoms with van der Waals surface area (Å²) in [6.07, 6.45) is 0. The second kappa shape index (κ2) is 8.08. The van der Waals surface area contributed by atoms with Crippen LogP contribution in [0.25, 0.3) is 26.3 Å². The van der Waals surface area contributed by atoms with Crippen LogP contribution in [0.2, 0.25) is 0 Å². The molecule has 0 atom stereocenters. The van der Waals surface area contributed by atoms with Crippen molar-refractivity contribution in [1.82, 2.24) is 9.55 Å². The van der Waals surface area contributed by atoms with Gasteiger partial charge in [-0.3, -0.25) is 9.36 Å². The summed E-state index contributed by atoms with van der Waals surface area (Å²) in [5.41, 5.74) is 1.88. The highest BCUT2D eigenvalue weighted by atomic mass is 32.2. The number of rotatable bonds is 6. The zero-order chi connectivity index (χ0) is 18.6. The predicted molar refractivity (Wildman–Crippen MR) is 113 cm³/mol. The molecule has 0 unspecified atom stereocenters. The van der Waals surface area contributed by atoms with E-state index in [1.54, 1.807) is 23.0 Å². The van der Waals surface area contributed by atoms with Gasteiger partial charge in [0, 0.05) is 17.7 Å². The number of nitrogens with zero attached hydrogens (tertiary/aromatic N) is 2. The molecule has 4 nitrogen and oxygen atoms in total. The van der Waals surface area contributed by atoms with Gasteiger partial charge in [-0.05, 0) is 23.8 Å². The minimum Gasteiger partial charge on any atom is -0.384 e. The number of methoxy groups -OCH3 is 1. The Kier molecular flexibility index (Phi) is 5.38. The van der Waals surface area contributed by atoms with Gasteiger partial charge in [0.2, 0.25) is 0 Å². The van der Waals surface area contributed by atoms with Gasteiger partial charge in [-0.1, -0.05) is 60.3 Å². The first kappa shape index (κ1) is 18.0. The van der Waals surface area contributed by atoms with Crippen LogP contribution in [-0.2, 0) is 4.74 Å². The lowest BCUT2D eigenvalue weighted by Gasteiger charge is -2.11. The highest BCUT2D eigenvalue weighted by Crippen LogP contribution is 2.32. The summed E-state index contributed by atoms with van der Waals surface area (Å²) in [6, 6.07) is 21.7. The van der Waals surface area contributed by atoms with Crippen LogP contribution in [0.3, 0.4) is 0 Å². The van der Waals surface area contributed by atoms with E-state index >= 15 is 0 Å². The number of thioether (sulfide) groups is 1. The maximum atomic E-state index is 13.3. The Hall–Kier alpha value is -2.41. The fourth-order valence-corrected chi connectivity index (χ4v) is 4.82. The molecule has 2 aromatic heterocycles. The maximum Gasteiger partial charge on any atom is 0.267 e. The molecular formula is C21H18N2O2S2. The van der Waals surface area contributed by atoms with E-state index in [2.05, 4.69) is 12.1 Å². The number of para-hydroxylation sites is 1. The van der Waals surface area contributed by atoms with Crippen LogP contribution in [0, 0.1) is 0 Å². The van der Waals surface area contributed by atoms with E-state index < -0.39 is 0 Å². The summed E-state index contributed by atoms with van der Waals surface area (Å²) in [5, 5.41) is 1.34. The van der Waals surface area contributed by atoms with Gasteiger partial charge >= 0.3 is 0 Å². The third-order valence-electron chi connectivity index (χ3n) is 4.13. The molecular weight excluding hydrogens is 376 g/mol. The fourth-order valence-electron chi connectivity index (χ4n) is 2.82. The SMILES string of the molecule is COCCSc1nc2sc(-c3ccccc3)cc2c(=O)n1-c1ccccc1. The predicted octanol–water partition coefficient (Wildman–Crippen LogP) is 4.85. The molecule has 0 saturated carbocycles. The first-order chi connectivity index (χ1) is 13.3. The van der Waals surface area contributed by atoms with Crippen LogP contribution >= 0.6 is 23.1 Å². The molecule has 2 heterocycles. The normalized spacial score (nSPS) is 11.1. The molecule has 4 aromatic rings. The van der Waals surface area contributed by atoms with E-state index in [9.17, 15) is 4.79 Å². The third kappa shape index (κ3) is 3.69. The Morgan fingerprint density at radius 1 is 1.07 bits per heavy atom. The second-order valence-corrected chi connectivity index (χ2v) is 8.00. The third-order valence-corrected chi connectivity index (χ3v) is 6.11. The first-order valence-electron chi connectivity index (χ1n) is 8.57.